The van der Waals surface area contributed by atoms with E-state index in [0.29, 0.717) is 6.61 Å². The van der Waals surface area contributed by atoms with Crippen molar-refractivity contribution in [3.63, 3.8) is 0 Å². The van der Waals surface area contributed by atoms with Crippen LogP contribution in [0.5, 0.6) is 5.75 Å². The molecule has 0 fully saturated rings. The number of ether oxygens (including phenoxy) is 1. The zero-order valence-corrected chi connectivity index (χ0v) is 14.2. The maximum atomic E-state index is 10.5. The summed E-state index contributed by atoms with van der Waals surface area (Å²) < 4.78 is 5.68. The van der Waals surface area contributed by atoms with Crippen molar-refractivity contribution < 1.29 is 14.9 Å². The number of rotatable bonds is 5. The molecule has 0 bridgehead atoms. The Kier molecular flexibility index (Phi) is 5.83. The molecule has 0 saturated heterocycles. The molecule has 2 atom stereocenters. The van der Waals surface area contributed by atoms with E-state index in [-0.39, 0.29) is 22.5 Å². The molecule has 0 heterocycles. The Hall–Kier alpha value is -1.06. The van der Waals surface area contributed by atoms with Crippen LogP contribution in [0.3, 0.4) is 0 Å². The molecule has 0 aliphatic carbocycles. The van der Waals surface area contributed by atoms with Gasteiger partial charge in [0.25, 0.3) is 0 Å². The second-order valence-corrected chi connectivity index (χ2v) is 8.11. The molecule has 120 valence electrons. The quantitative estimate of drug-likeness (QED) is 0.795. The molecule has 3 nitrogen and oxygen atoms in total. The zero-order chi connectivity index (χ0) is 16.3. The summed E-state index contributed by atoms with van der Waals surface area (Å²) in [5.74, 6) is 0.300. The molecule has 0 aliphatic heterocycles. The summed E-state index contributed by atoms with van der Waals surface area (Å²) in [4.78, 5) is 0. The largest absolute Gasteiger partial charge is 0.508 e. The molecule has 21 heavy (non-hydrogen) atoms. The van der Waals surface area contributed by atoms with E-state index in [2.05, 4.69) is 41.5 Å². The third kappa shape index (κ3) is 6.49. The highest BCUT2D eigenvalue weighted by Gasteiger charge is 2.35. The van der Waals surface area contributed by atoms with Gasteiger partial charge in [-0.2, -0.15) is 0 Å². The molecule has 0 spiro atoms. The highest BCUT2D eigenvalue weighted by molar-refractivity contribution is 5.25. The van der Waals surface area contributed by atoms with Crippen molar-refractivity contribution in [3.8, 4) is 5.75 Å². The van der Waals surface area contributed by atoms with Gasteiger partial charge in [0, 0.05) is 5.92 Å². The maximum absolute atomic E-state index is 10.5. The first-order valence-electron chi connectivity index (χ1n) is 7.56. The van der Waals surface area contributed by atoms with E-state index in [1.807, 2.05) is 0 Å². The second kappa shape index (κ2) is 6.80. The van der Waals surface area contributed by atoms with Gasteiger partial charge in [0.15, 0.2) is 6.29 Å². The Morgan fingerprint density at radius 1 is 1.00 bits per heavy atom. The highest BCUT2D eigenvalue weighted by Crippen LogP contribution is 2.38. The van der Waals surface area contributed by atoms with Crippen LogP contribution in [0.15, 0.2) is 24.3 Å². The van der Waals surface area contributed by atoms with Gasteiger partial charge in [-0.1, -0.05) is 53.7 Å². The van der Waals surface area contributed by atoms with Gasteiger partial charge < -0.3 is 14.9 Å². The zero-order valence-electron chi connectivity index (χ0n) is 14.2. The molecule has 0 aliphatic rings. The molecule has 0 radical (unpaired) electrons. The van der Waals surface area contributed by atoms with Crippen molar-refractivity contribution in [1.82, 2.24) is 0 Å². The fourth-order valence-corrected chi connectivity index (χ4v) is 2.38. The Bertz CT molecular complexity index is 423. The number of phenolic OH excluding ortho intramolecular Hbond substituents is 1. The lowest BCUT2D eigenvalue weighted by molar-refractivity contribution is -0.171. The smallest absolute Gasteiger partial charge is 0.158 e. The van der Waals surface area contributed by atoms with Gasteiger partial charge in [-0.15, -0.1) is 0 Å². The van der Waals surface area contributed by atoms with Crippen molar-refractivity contribution in [2.24, 2.45) is 16.7 Å². The fourth-order valence-electron chi connectivity index (χ4n) is 2.38. The molecule has 0 saturated carbocycles. The van der Waals surface area contributed by atoms with E-state index in [0.717, 1.165) is 12.0 Å². The first kappa shape index (κ1) is 18.0. The van der Waals surface area contributed by atoms with E-state index in [1.165, 1.54) is 0 Å². The van der Waals surface area contributed by atoms with Crippen LogP contribution in [0.25, 0.3) is 0 Å². The van der Waals surface area contributed by atoms with E-state index >= 15 is 0 Å². The Balaban J connectivity index is 2.68. The van der Waals surface area contributed by atoms with Crippen molar-refractivity contribution >= 4 is 0 Å². The van der Waals surface area contributed by atoms with Gasteiger partial charge >= 0.3 is 0 Å². The molecular formula is C18H30O3. The first-order chi connectivity index (χ1) is 9.49. The van der Waals surface area contributed by atoms with Gasteiger partial charge in [-0.25, -0.2) is 0 Å². The Morgan fingerprint density at radius 2 is 1.52 bits per heavy atom. The molecular weight excluding hydrogens is 264 g/mol. The minimum Gasteiger partial charge on any atom is -0.508 e. The van der Waals surface area contributed by atoms with Gasteiger partial charge in [0.05, 0.1) is 6.61 Å². The van der Waals surface area contributed by atoms with E-state index in [9.17, 15) is 10.2 Å². The van der Waals surface area contributed by atoms with Crippen LogP contribution in [-0.4, -0.2) is 16.5 Å². The average molecular weight is 294 g/mol. The van der Waals surface area contributed by atoms with Gasteiger partial charge in [-0.05, 0) is 34.9 Å². The molecule has 3 heteroatoms. The molecule has 1 aromatic carbocycles. The van der Waals surface area contributed by atoms with E-state index < -0.39 is 6.29 Å². The van der Waals surface area contributed by atoms with Crippen molar-refractivity contribution in [2.45, 2.75) is 60.9 Å². The summed E-state index contributed by atoms with van der Waals surface area (Å²) in [5, 5.41) is 19.7. The molecule has 1 rings (SSSR count). The second-order valence-electron chi connectivity index (χ2n) is 8.11. The minimum absolute atomic E-state index is 0.0261. The summed E-state index contributed by atoms with van der Waals surface area (Å²) in [5.41, 5.74) is 1.05. The van der Waals surface area contributed by atoms with E-state index in [1.54, 1.807) is 24.3 Å². The monoisotopic (exact) mass is 294 g/mol. The number of aliphatic hydroxyl groups excluding tert-OH is 1. The number of benzene rings is 1. The molecule has 0 aromatic heterocycles. The summed E-state index contributed by atoms with van der Waals surface area (Å²) in [6, 6.07) is 6.86. The molecule has 1 aromatic rings. The van der Waals surface area contributed by atoms with Crippen molar-refractivity contribution in [2.75, 3.05) is 0 Å². The third-order valence-corrected chi connectivity index (χ3v) is 3.65. The standard InChI is InChI=1S/C18H30O3/c1-17(2,3)11-15(18(4,5)6)16(20)21-12-13-7-9-14(19)10-8-13/h7-10,15-16,19-20H,11-12H2,1-6H3. The van der Waals surface area contributed by atoms with Crippen LogP contribution < -0.4 is 0 Å². The summed E-state index contributed by atoms with van der Waals surface area (Å²) in [6.45, 7) is 13.3. The average Bonchev–Trinajstić information content (AvgIpc) is 2.32. The van der Waals surface area contributed by atoms with Gasteiger partial charge in [0.1, 0.15) is 5.75 Å². The number of hydrogen-bond acceptors (Lipinski definition) is 3. The summed E-state index contributed by atoms with van der Waals surface area (Å²) >= 11 is 0. The number of phenols is 1. The van der Waals surface area contributed by atoms with Crippen LogP contribution in [0.4, 0.5) is 0 Å². The molecule has 0 amide bonds. The molecule has 2 N–H and O–H groups in total. The van der Waals surface area contributed by atoms with Crippen molar-refractivity contribution in [1.29, 1.82) is 0 Å². The fraction of sp³-hybridized carbons (Fsp3) is 0.667. The number of aromatic hydroxyl groups is 1. The van der Waals surface area contributed by atoms with E-state index in [4.69, 9.17) is 4.74 Å². The van der Waals surface area contributed by atoms with Crippen LogP contribution >= 0.6 is 0 Å². The summed E-state index contributed by atoms with van der Waals surface area (Å²) in [6.07, 6.45) is 0.103. The highest BCUT2D eigenvalue weighted by atomic mass is 16.6. The lowest BCUT2D eigenvalue weighted by Gasteiger charge is -2.38. The van der Waals surface area contributed by atoms with Crippen molar-refractivity contribution in [3.05, 3.63) is 29.8 Å². The lowest BCUT2D eigenvalue weighted by atomic mass is 9.72. The topological polar surface area (TPSA) is 49.7 Å². The van der Waals surface area contributed by atoms with Crippen LogP contribution in [0.2, 0.25) is 0 Å². The minimum atomic E-state index is -0.793. The normalized spacial score (nSPS) is 15.8. The third-order valence-electron chi connectivity index (χ3n) is 3.65. The van der Waals surface area contributed by atoms with Crippen LogP contribution in [0.1, 0.15) is 53.5 Å². The lowest BCUT2D eigenvalue weighted by Crippen LogP contribution is -2.36. The predicted molar refractivity (Wildman–Crippen MR) is 85.9 cm³/mol. The van der Waals surface area contributed by atoms with Crippen LogP contribution in [0, 0.1) is 16.7 Å². The Labute approximate surface area is 129 Å². The number of aliphatic hydroxyl groups is 1. The SMILES string of the molecule is CC(C)(C)CC(C(O)OCc1ccc(O)cc1)C(C)(C)C. The van der Waals surface area contributed by atoms with Gasteiger partial charge in [0.2, 0.25) is 0 Å². The van der Waals surface area contributed by atoms with Crippen LogP contribution in [-0.2, 0) is 11.3 Å². The molecule has 2 unspecified atom stereocenters. The summed E-state index contributed by atoms with van der Waals surface area (Å²) in [7, 11) is 0. The Morgan fingerprint density at radius 3 is 1.95 bits per heavy atom. The van der Waals surface area contributed by atoms with Gasteiger partial charge in [-0.3, -0.25) is 0 Å². The maximum Gasteiger partial charge on any atom is 0.158 e. The predicted octanol–water partition coefficient (Wildman–Crippen LogP) is 4.33. The number of hydrogen-bond donors (Lipinski definition) is 2. The first-order valence-corrected chi connectivity index (χ1v) is 7.56.